The van der Waals surface area contributed by atoms with Crippen LogP contribution >= 0.6 is 11.6 Å². The molecule has 0 spiro atoms. The van der Waals surface area contributed by atoms with E-state index in [2.05, 4.69) is 11.5 Å². The van der Waals surface area contributed by atoms with Gasteiger partial charge in [-0.25, -0.2) is 4.79 Å². The number of nitrogens with zero attached hydrogens (tertiary/aromatic N) is 3. The van der Waals surface area contributed by atoms with Gasteiger partial charge in [0.25, 0.3) is 0 Å². The third-order valence-electron chi connectivity index (χ3n) is 2.42. The summed E-state index contributed by atoms with van der Waals surface area (Å²) in [5.41, 5.74) is 0. The summed E-state index contributed by atoms with van der Waals surface area (Å²) in [7, 11) is 3.55. The summed E-state index contributed by atoms with van der Waals surface area (Å²) in [6, 6.07) is 0.0827. The number of carbonyl (C=O) groups is 1. The Hall–Kier alpha value is -0.740. The van der Waals surface area contributed by atoms with Gasteiger partial charge in [-0.1, -0.05) is 18.2 Å². The molecule has 1 aliphatic rings. The van der Waals surface area contributed by atoms with Gasteiger partial charge in [-0.05, 0) is 0 Å². The first-order chi connectivity index (χ1) is 7.00. The molecule has 0 saturated carbocycles. The average molecular weight is 232 g/mol. The van der Waals surface area contributed by atoms with E-state index < -0.39 is 0 Å². The zero-order valence-corrected chi connectivity index (χ0v) is 10.1. The molecule has 1 fully saturated rings. The van der Waals surface area contributed by atoms with Crippen molar-refractivity contribution in [2.24, 2.45) is 0 Å². The van der Waals surface area contributed by atoms with E-state index in [9.17, 15) is 4.79 Å². The number of carbonyl (C=O) groups excluding carboxylic acids is 1. The molecule has 0 aliphatic carbocycles. The van der Waals surface area contributed by atoms with Gasteiger partial charge in [-0.3, -0.25) is 4.90 Å². The van der Waals surface area contributed by atoms with Crippen LogP contribution in [0.15, 0.2) is 11.6 Å². The van der Waals surface area contributed by atoms with E-state index in [0.29, 0.717) is 11.6 Å². The molecule has 0 atom stereocenters. The van der Waals surface area contributed by atoms with Crippen molar-refractivity contribution >= 4 is 17.6 Å². The van der Waals surface area contributed by atoms with Crippen molar-refractivity contribution in [1.82, 2.24) is 14.7 Å². The average Bonchev–Trinajstić information content (AvgIpc) is 2.17. The lowest BCUT2D eigenvalue weighted by atomic mass is 10.3. The number of amides is 2. The maximum Gasteiger partial charge on any atom is 0.319 e. The fourth-order valence-electron chi connectivity index (χ4n) is 1.62. The van der Waals surface area contributed by atoms with Gasteiger partial charge in [0.1, 0.15) is 0 Å². The Bertz CT molecular complexity index is 247. The van der Waals surface area contributed by atoms with Crippen molar-refractivity contribution in [2.75, 3.05) is 46.8 Å². The molecule has 0 unspecified atom stereocenters. The highest BCUT2D eigenvalue weighted by Gasteiger charge is 2.21. The van der Waals surface area contributed by atoms with Crippen molar-refractivity contribution in [2.45, 2.75) is 0 Å². The smallest absolute Gasteiger partial charge is 0.319 e. The Kier molecular flexibility index (Phi) is 4.42. The van der Waals surface area contributed by atoms with Gasteiger partial charge >= 0.3 is 6.03 Å². The molecule has 2 amide bonds. The molecule has 5 heteroatoms. The minimum Gasteiger partial charge on any atom is -0.331 e. The molecule has 86 valence electrons. The minimum atomic E-state index is 0.0827. The van der Waals surface area contributed by atoms with E-state index in [1.54, 1.807) is 19.0 Å². The van der Waals surface area contributed by atoms with Crippen LogP contribution in [0.2, 0.25) is 0 Å². The maximum atomic E-state index is 11.6. The zero-order valence-electron chi connectivity index (χ0n) is 9.37. The summed E-state index contributed by atoms with van der Waals surface area (Å²) in [6.07, 6.45) is 0. The number of rotatable bonds is 2. The molecular weight excluding hydrogens is 214 g/mol. The van der Waals surface area contributed by atoms with Crippen LogP contribution in [0.4, 0.5) is 4.79 Å². The van der Waals surface area contributed by atoms with Gasteiger partial charge in [0, 0.05) is 51.9 Å². The van der Waals surface area contributed by atoms with Gasteiger partial charge in [-0.15, -0.1) is 0 Å². The van der Waals surface area contributed by atoms with Gasteiger partial charge in [0.2, 0.25) is 0 Å². The summed E-state index contributed by atoms with van der Waals surface area (Å²) < 4.78 is 0. The second-order valence-electron chi connectivity index (χ2n) is 3.96. The third kappa shape index (κ3) is 3.72. The van der Waals surface area contributed by atoms with E-state index in [4.69, 9.17) is 11.6 Å². The minimum absolute atomic E-state index is 0.0827. The van der Waals surface area contributed by atoms with Gasteiger partial charge in [-0.2, -0.15) is 0 Å². The van der Waals surface area contributed by atoms with Crippen LogP contribution < -0.4 is 0 Å². The highest BCUT2D eigenvalue weighted by molar-refractivity contribution is 6.29. The monoisotopic (exact) mass is 231 g/mol. The quantitative estimate of drug-likeness (QED) is 0.710. The van der Waals surface area contributed by atoms with E-state index in [1.807, 2.05) is 4.90 Å². The predicted octanol–water partition coefficient (Wildman–Crippen LogP) is 1.04. The number of hydrogen-bond donors (Lipinski definition) is 0. The molecule has 1 rings (SSSR count). The molecule has 1 heterocycles. The van der Waals surface area contributed by atoms with E-state index in [1.165, 1.54) is 0 Å². The Morgan fingerprint density at radius 3 is 2.27 bits per heavy atom. The largest absolute Gasteiger partial charge is 0.331 e. The standard InChI is InChI=1S/C10H18ClN3O/c1-9(11)8-13-4-6-14(7-5-13)10(15)12(2)3/h1,4-8H2,2-3H3. The summed E-state index contributed by atoms with van der Waals surface area (Å²) in [4.78, 5) is 17.3. The van der Waals surface area contributed by atoms with Gasteiger partial charge in [0.05, 0.1) is 0 Å². The predicted molar refractivity (Wildman–Crippen MR) is 62.1 cm³/mol. The van der Waals surface area contributed by atoms with Crippen LogP contribution in [0.1, 0.15) is 0 Å². The Morgan fingerprint density at radius 2 is 1.87 bits per heavy atom. The topological polar surface area (TPSA) is 26.8 Å². The number of piperazine rings is 1. The summed E-state index contributed by atoms with van der Waals surface area (Å²) in [6.45, 7) is 7.64. The normalized spacial score (nSPS) is 17.7. The molecule has 4 nitrogen and oxygen atoms in total. The highest BCUT2D eigenvalue weighted by Crippen LogP contribution is 2.07. The number of halogens is 1. The van der Waals surface area contributed by atoms with Crippen molar-refractivity contribution in [3.05, 3.63) is 11.6 Å². The first kappa shape index (κ1) is 12.3. The Balaban J connectivity index is 2.35. The molecule has 1 aliphatic heterocycles. The first-order valence-corrected chi connectivity index (χ1v) is 5.40. The molecule has 1 saturated heterocycles. The van der Waals surface area contributed by atoms with Crippen LogP contribution in [-0.4, -0.2) is 67.5 Å². The maximum absolute atomic E-state index is 11.6. The van der Waals surface area contributed by atoms with Crippen molar-refractivity contribution in [1.29, 1.82) is 0 Å². The number of urea groups is 1. The lowest BCUT2D eigenvalue weighted by Gasteiger charge is -2.35. The Morgan fingerprint density at radius 1 is 1.33 bits per heavy atom. The zero-order chi connectivity index (χ0) is 11.4. The molecule has 0 aromatic carbocycles. The van der Waals surface area contributed by atoms with Crippen LogP contribution in [-0.2, 0) is 0 Å². The second-order valence-corrected chi connectivity index (χ2v) is 4.49. The third-order valence-corrected chi connectivity index (χ3v) is 2.54. The van der Waals surface area contributed by atoms with Gasteiger partial charge < -0.3 is 9.80 Å². The molecular formula is C10H18ClN3O. The number of hydrogen-bond acceptors (Lipinski definition) is 2. The molecule has 0 aromatic rings. The fourth-order valence-corrected chi connectivity index (χ4v) is 1.79. The lowest BCUT2D eigenvalue weighted by Crippen LogP contribution is -2.51. The second kappa shape index (κ2) is 5.37. The first-order valence-electron chi connectivity index (χ1n) is 5.02. The summed E-state index contributed by atoms with van der Waals surface area (Å²) >= 11 is 5.74. The van der Waals surface area contributed by atoms with Gasteiger partial charge in [0.15, 0.2) is 0 Å². The van der Waals surface area contributed by atoms with E-state index >= 15 is 0 Å². The molecule has 0 N–H and O–H groups in total. The molecule has 0 bridgehead atoms. The summed E-state index contributed by atoms with van der Waals surface area (Å²) in [5, 5.41) is 0.655. The molecule has 0 radical (unpaired) electrons. The summed E-state index contributed by atoms with van der Waals surface area (Å²) in [5.74, 6) is 0. The van der Waals surface area contributed by atoms with Crippen LogP contribution in [0.5, 0.6) is 0 Å². The highest BCUT2D eigenvalue weighted by atomic mass is 35.5. The SMILES string of the molecule is C=C(Cl)CN1CCN(C(=O)N(C)C)CC1. The van der Waals surface area contributed by atoms with Crippen LogP contribution in [0.3, 0.4) is 0 Å². The van der Waals surface area contributed by atoms with Crippen molar-refractivity contribution in [3.8, 4) is 0 Å². The molecule has 0 aromatic heterocycles. The fraction of sp³-hybridized carbons (Fsp3) is 0.700. The van der Waals surface area contributed by atoms with E-state index in [-0.39, 0.29) is 6.03 Å². The Labute approximate surface area is 96.1 Å². The van der Waals surface area contributed by atoms with Crippen molar-refractivity contribution in [3.63, 3.8) is 0 Å². The van der Waals surface area contributed by atoms with E-state index in [0.717, 1.165) is 26.2 Å². The lowest BCUT2D eigenvalue weighted by molar-refractivity contribution is 0.128. The van der Waals surface area contributed by atoms with Crippen molar-refractivity contribution < 1.29 is 4.79 Å². The van der Waals surface area contributed by atoms with Crippen LogP contribution in [0, 0.1) is 0 Å². The van der Waals surface area contributed by atoms with Crippen LogP contribution in [0.25, 0.3) is 0 Å². The molecule has 15 heavy (non-hydrogen) atoms.